The summed E-state index contributed by atoms with van der Waals surface area (Å²) in [7, 11) is 0. The number of rotatable bonds is 2. The average molecular weight is 201 g/mol. The third-order valence-electron chi connectivity index (χ3n) is 1.98. The number of anilines is 1. The predicted octanol–water partition coefficient (Wildman–Crippen LogP) is 2.16. The zero-order valence-corrected chi connectivity index (χ0v) is 8.34. The number of benzene rings is 1. The Hall–Kier alpha value is -2.10. The highest BCUT2D eigenvalue weighted by Crippen LogP contribution is 2.25. The number of nitrogen functional groups attached to an aromatic ring is 1. The second kappa shape index (κ2) is 3.96. The number of nitrogens with two attached hydrogens (primary N) is 1. The van der Waals surface area contributed by atoms with E-state index in [1.165, 1.54) is 0 Å². The minimum atomic E-state index is 0.665. The largest absolute Gasteiger partial charge is 0.455 e. The Morgan fingerprint density at radius 2 is 2.07 bits per heavy atom. The van der Waals surface area contributed by atoms with Crippen molar-refractivity contribution in [2.24, 2.45) is 0 Å². The van der Waals surface area contributed by atoms with E-state index in [0.29, 0.717) is 5.75 Å². The van der Waals surface area contributed by atoms with Gasteiger partial charge < -0.3 is 10.5 Å². The molecule has 1 aromatic heterocycles. The molecule has 15 heavy (non-hydrogen) atoms. The van der Waals surface area contributed by atoms with Crippen LogP contribution < -0.4 is 10.5 Å². The summed E-state index contributed by atoms with van der Waals surface area (Å²) in [6, 6.07) is 7.26. The molecule has 1 aromatic carbocycles. The number of hydrogen-bond acceptors (Lipinski definition) is 4. The van der Waals surface area contributed by atoms with E-state index in [9.17, 15) is 0 Å². The Kier molecular flexibility index (Phi) is 2.49. The van der Waals surface area contributed by atoms with Crippen LogP contribution in [0.25, 0.3) is 0 Å². The lowest BCUT2D eigenvalue weighted by Crippen LogP contribution is -1.91. The van der Waals surface area contributed by atoms with Crippen molar-refractivity contribution >= 4 is 5.69 Å². The number of aromatic nitrogens is 2. The second-order valence-corrected chi connectivity index (χ2v) is 3.21. The molecule has 4 nitrogen and oxygen atoms in total. The number of ether oxygens (including phenoxy) is 1. The molecule has 2 N–H and O–H groups in total. The predicted molar refractivity (Wildman–Crippen MR) is 57.7 cm³/mol. The number of nitrogens with zero attached hydrogens (tertiary/aromatic N) is 2. The summed E-state index contributed by atoms with van der Waals surface area (Å²) >= 11 is 0. The first-order valence-electron chi connectivity index (χ1n) is 4.56. The maximum Gasteiger partial charge on any atom is 0.149 e. The van der Waals surface area contributed by atoms with Crippen LogP contribution in [0.5, 0.6) is 11.5 Å². The van der Waals surface area contributed by atoms with Crippen molar-refractivity contribution in [3.8, 4) is 11.5 Å². The molecule has 0 aliphatic carbocycles. The summed E-state index contributed by atoms with van der Waals surface area (Å²) in [4.78, 5) is 0. The van der Waals surface area contributed by atoms with E-state index in [-0.39, 0.29) is 0 Å². The van der Waals surface area contributed by atoms with E-state index >= 15 is 0 Å². The number of hydrogen-bond donors (Lipinski definition) is 1. The Morgan fingerprint density at radius 1 is 1.20 bits per heavy atom. The molecule has 0 atom stereocenters. The van der Waals surface area contributed by atoms with Crippen molar-refractivity contribution in [3.05, 3.63) is 42.2 Å². The van der Waals surface area contributed by atoms with Crippen LogP contribution in [0.3, 0.4) is 0 Å². The van der Waals surface area contributed by atoms with Crippen LogP contribution in [0.4, 0.5) is 5.69 Å². The molecule has 0 bridgehead atoms. The molecular formula is C11H11N3O. The van der Waals surface area contributed by atoms with Gasteiger partial charge >= 0.3 is 0 Å². The summed E-state index contributed by atoms with van der Waals surface area (Å²) in [5, 5.41) is 7.40. The Morgan fingerprint density at radius 3 is 2.73 bits per heavy atom. The van der Waals surface area contributed by atoms with Gasteiger partial charge in [-0.1, -0.05) is 0 Å². The lowest BCUT2D eigenvalue weighted by molar-refractivity contribution is 0.475. The molecule has 0 aliphatic rings. The van der Waals surface area contributed by atoms with Crippen LogP contribution in [-0.4, -0.2) is 10.2 Å². The van der Waals surface area contributed by atoms with E-state index in [4.69, 9.17) is 10.5 Å². The molecule has 76 valence electrons. The number of aryl methyl sites for hydroxylation is 1. The van der Waals surface area contributed by atoms with Crippen LogP contribution >= 0.6 is 0 Å². The zero-order valence-electron chi connectivity index (χ0n) is 8.34. The van der Waals surface area contributed by atoms with Gasteiger partial charge in [-0.15, -0.1) is 0 Å². The van der Waals surface area contributed by atoms with E-state index in [1.54, 1.807) is 24.5 Å². The molecule has 0 fully saturated rings. The third-order valence-corrected chi connectivity index (χ3v) is 1.98. The van der Waals surface area contributed by atoms with Crippen LogP contribution in [0.1, 0.15) is 5.56 Å². The van der Waals surface area contributed by atoms with Crippen molar-refractivity contribution in [3.63, 3.8) is 0 Å². The standard InChI is InChI=1S/C11H11N3O/c1-8-6-9(12)2-3-11(8)15-10-4-5-13-14-7-10/h2-7H,12H2,1H3. The van der Waals surface area contributed by atoms with Crippen LogP contribution in [0, 0.1) is 6.92 Å². The lowest BCUT2D eigenvalue weighted by Gasteiger charge is -2.08. The molecule has 0 saturated heterocycles. The fourth-order valence-corrected chi connectivity index (χ4v) is 1.25. The molecule has 0 aliphatic heterocycles. The minimum Gasteiger partial charge on any atom is -0.455 e. The van der Waals surface area contributed by atoms with Crippen LogP contribution in [0.2, 0.25) is 0 Å². The Labute approximate surface area is 87.7 Å². The topological polar surface area (TPSA) is 61.0 Å². The SMILES string of the molecule is Cc1cc(N)ccc1Oc1ccnnc1. The fourth-order valence-electron chi connectivity index (χ4n) is 1.25. The van der Waals surface area contributed by atoms with E-state index < -0.39 is 0 Å². The first kappa shape index (κ1) is 9.45. The van der Waals surface area contributed by atoms with Gasteiger partial charge in [0.05, 0.1) is 12.4 Å². The van der Waals surface area contributed by atoms with Gasteiger partial charge in [-0.3, -0.25) is 0 Å². The molecule has 1 heterocycles. The molecule has 2 aromatic rings. The van der Waals surface area contributed by atoms with Gasteiger partial charge in [-0.25, -0.2) is 0 Å². The summed E-state index contributed by atoms with van der Waals surface area (Å²) < 4.78 is 5.61. The average Bonchev–Trinajstić information content (AvgIpc) is 2.24. The van der Waals surface area contributed by atoms with Gasteiger partial charge in [0.1, 0.15) is 11.5 Å². The van der Waals surface area contributed by atoms with Gasteiger partial charge in [0.25, 0.3) is 0 Å². The molecule has 4 heteroatoms. The van der Waals surface area contributed by atoms with Crippen molar-refractivity contribution in [2.45, 2.75) is 6.92 Å². The second-order valence-electron chi connectivity index (χ2n) is 3.21. The van der Waals surface area contributed by atoms with Crippen molar-refractivity contribution in [1.29, 1.82) is 0 Å². The quantitative estimate of drug-likeness (QED) is 0.756. The van der Waals surface area contributed by atoms with E-state index in [0.717, 1.165) is 17.0 Å². The highest BCUT2D eigenvalue weighted by atomic mass is 16.5. The lowest BCUT2D eigenvalue weighted by atomic mass is 10.2. The van der Waals surface area contributed by atoms with Crippen molar-refractivity contribution in [2.75, 3.05) is 5.73 Å². The summed E-state index contributed by atoms with van der Waals surface area (Å²) in [5.74, 6) is 1.44. The van der Waals surface area contributed by atoms with Gasteiger partial charge in [0, 0.05) is 11.8 Å². The maximum atomic E-state index is 5.64. The Bertz CT molecular complexity index is 457. The van der Waals surface area contributed by atoms with Gasteiger partial charge in [-0.05, 0) is 30.7 Å². The molecule has 0 radical (unpaired) electrons. The molecule has 0 saturated carbocycles. The Balaban J connectivity index is 2.25. The van der Waals surface area contributed by atoms with Crippen LogP contribution in [0.15, 0.2) is 36.7 Å². The van der Waals surface area contributed by atoms with Crippen LogP contribution in [-0.2, 0) is 0 Å². The summed E-state index contributed by atoms with van der Waals surface area (Å²) in [6.07, 6.45) is 3.15. The summed E-state index contributed by atoms with van der Waals surface area (Å²) in [5.41, 5.74) is 7.36. The van der Waals surface area contributed by atoms with Crippen molar-refractivity contribution in [1.82, 2.24) is 10.2 Å². The first-order chi connectivity index (χ1) is 7.25. The highest BCUT2D eigenvalue weighted by molar-refractivity contribution is 5.48. The molecule has 0 amide bonds. The third kappa shape index (κ3) is 2.22. The fraction of sp³-hybridized carbons (Fsp3) is 0.0909. The highest BCUT2D eigenvalue weighted by Gasteiger charge is 2.01. The van der Waals surface area contributed by atoms with E-state index in [2.05, 4.69) is 10.2 Å². The normalized spacial score (nSPS) is 9.93. The molecule has 0 unspecified atom stereocenters. The zero-order chi connectivity index (χ0) is 10.7. The van der Waals surface area contributed by atoms with Gasteiger partial charge in [-0.2, -0.15) is 10.2 Å². The molecule has 0 spiro atoms. The van der Waals surface area contributed by atoms with Gasteiger partial charge in [0.2, 0.25) is 0 Å². The molecular weight excluding hydrogens is 190 g/mol. The van der Waals surface area contributed by atoms with Gasteiger partial charge in [0.15, 0.2) is 0 Å². The van der Waals surface area contributed by atoms with Crippen molar-refractivity contribution < 1.29 is 4.74 Å². The van der Waals surface area contributed by atoms with E-state index in [1.807, 2.05) is 19.1 Å². The molecule has 2 rings (SSSR count). The minimum absolute atomic E-state index is 0.665. The summed E-state index contributed by atoms with van der Waals surface area (Å²) in [6.45, 7) is 1.94. The first-order valence-corrected chi connectivity index (χ1v) is 4.56. The smallest absolute Gasteiger partial charge is 0.149 e. The maximum absolute atomic E-state index is 5.64. The monoisotopic (exact) mass is 201 g/mol.